The predicted octanol–water partition coefficient (Wildman–Crippen LogP) is 4.57. The average Bonchev–Trinajstić information content (AvgIpc) is 3.05. The maximum absolute atomic E-state index is 12.5. The largest absolute Gasteiger partial charge is 0.320 e. The van der Waals surface area contributed by atoms with Crippen LogP contribution in [0.2, 0.25) is 0 Å². The average molecular weight is 376 g/mol. The van der Waals surface area contributed by atoms with Crippen molar-refractivity contribution in [2.75, 3.05) is 5.32 Å². The SMILES string of the molecule is Cc1cc(C(=O)Nc2ccccc2-n2cc(Br)cn2)c(C)s1. The molecular weight excluding hydrogens is 362 g/mol. The molecule has 3 aromatic rings. The zero-order chi connectivity index (χ0) is 15.7. The first-order valence-electron chi connectivity index (χ1n) is 6.72. The molecule has 3 rings (SSSR count). The first kappa shape index (κ1) is 15.0. The van der Waals surface area contributed by atoms with Crippen molar-refractivity contribution in [3.8, 4) is 5.69 Å². The van der Waals surface area contributed by atoms with Crippen molar-refractivity contribution in [2.24, 2.45) is 0 Å². The zero-order valence-corrected chi connectivity index (χ0v) is 14.5. The van der Waals surface area contributed by atoms with E-state index < -0.39 is 0 Å². The van der Waals surface area contributed by atoms with Crippen LogP contribution in [-0.4, -0.2) is 15.7 Å². The summed E-state index contributed by atoms with van der Waals surface area (Å²) in [5.74, 6) is -0.0967. The van der Waals surface area contributed by atoms with Gasteiger partial charge in [-0.25, -0.2) is 4.68 Å². The summed E-state index contributed by atoms with van der Waals surface area (Å²) >= 11 is 5.01. The van der Waals surface area contributed by atoms with Gasteiger partial charge in [0.05, 0.1) is 27.6 Å². The van der Waals surface area contributed by atoms with Crippen molar-refractivity contribution in [3.05, 3.63) is 62.5 Å². The maximum Gasteiger partial charge on any atom is 0.256 e. The highest BCUT2D eigenvalue weighted by Crippen LogP contribution is 2.25. The molecule has 0 atom stereocenters. The van der Waals surface area contributed by atoms with Gasteiger partial charge in [0.25, 0.3) is 5.91 Å². The topological polar surface area (TPSA) is 46.9 Å². The number of hydrogen-bond donors (Lipinski definition) is 1. The number of amides is 1. The van der Waals surface area contributed by atoms with E-state index >= 15 is 0 Å². The lowest BCUT2D eigenvalue weighted by atomic mass is 10.2. The smallest absolute Gasteiger partial charge is 0.256 e. The monoisotopic (exact) mass is 375 g/mol. The van der Waals surface area contributed by atoms with Gasteiger partial charge in [-0.1, -0.05) is 12.1 Å². The molecule has 4 nitrogen and oxygen atoms in total. The van der Waals surface area contributed by atoms with E-state index in [1.807, 2.05) is 50.4 Å². The lowest BCUT2D eigenvalue weighted by Gasteiger charge is -2.10. The molecule has 0 aliphatic heterocycles. The standard InChI is InChI=1S/C16H14BrN3OS/c1-10-7-13(11(2)22-10)16(21)19-14-5-3-4-6-15(14)20-9-12(17)8-18-20/h3-9H,1-2H3,(H,19,21). The van der Waals surface area contributed by atoms with Crippen LogP contribution in [0.15, 0.2) is 47.2 Å². The number of carbonyl (C=O) groups excluding carboxylic acids is 1. The van der Waals surface area contributed by atoms with Crippen molar-refractivity contribution in [1.82, 2.24) is 9.78 Å². The minimum Gasteiger partial charge on any atom is -0.320 e. The van der Waals surface area contributed by atoms with Gasteiger partial charge < -0.3 is 5.32 Å². The summed E-state index contributed by atoms with van der Waals surface area (Å²) in [5, 5.41) is 7.25. The van der Waals surface area contributed by atoms with Gasteiger partial charge in [-0.2, -0.15) is 5.10 Å². The molecule has 0 aliphatic rings. The van der Waals surface area contributed by atoms with E-state index in [-0.39, 0.29) is 5.91 Å². The van der Waals surface area contributed by atoms with Gasteiger partial charge in [0, 0.05) is 16.0 Å². The van der Waals surface area contributed by atoms with Crippen molar-refractivity contribution in [3.63, 3.8) is 0 Å². The Labute approximate surface area is 140 Å². The third-order valence-corrected chi connectivity index (χ3v) is 4.61. The van der Waals surface area contributed by atoms with Gasteiger partial charge in [0.2, 0.25) is 0 Å². The third kappa shape index (κ3) is 2.98. The number of para-hydroxylation sites is 2. The molecular formula is C16H14BrN3OS. The second kappa shape index (κ2) is 6.06. The number of nitrogens with zero attached hydrogens (tertiary/aromatic N) is 2. The Hall–Kier alpha value is -1.92. The molecule has 0 fully saturated rings. The van der Waals surface area contributed by atoms with Crippen LogP contribution in [0.3, 0.4) is 0 Å². The number of nitrogens with one attached hydrogen (secondary N) is 1. The van der Waals surface area contributed by atoms with Crippen molar-refractivity contribution in [1.29, 1.82) is 0 Å². The second-order valence-electron chi connectivity index (χ2n) is 4.90. The summed E-state index contributed by atoms with van der Waals surface area (Å²) in [5.41, 5.74) is 2.27. The number of anilines is 1. The van der Waals surface area contributed by atoms with Gasteiger partial charge in [0.15, 0.2) is 0 Å². The second-order valence-corrected chi connectivity index (χ2v) is 7.28. The van der Waals surface area contributed by atoms with E-state index in [0.29, 0.717) is 0 Å². The molecule has 0 bridgehead atoms. The highest BCUT2D eigenvalue weighted by molar-refractivity contribution is 9.10. The molecule has 6 heteroatoms. The fourth-order valence-corrected chi connectivity index (χ4v) is 3.46. The maximum atomic E-state index is 12.5. The molecule has 1 N–H and O–H groups in total. The van der Waals surface area contributed by atoms with Gasteiger partial charge in [-0.3, -0.25) is 4.79 Å². The Morgan fingerprint density at radius 2 is 2.09 bits per heavy atom. The van der Waals surface area contributed by atoms with Crippen LogP contribution in [0.1, 0.15) is 20.1 Å². The number of aromatic nitrogens is 2. The molecule has 112 valence electrons. The summed E-state index contributed by atoms with van der Waals surface area (Å²) in [6.07, 6.45) is 3.57. The lowest BCUT2D eigenvalue weighted by Crippen LogP contribution is -2.14. The van der Waals surface area contributed by atoms with E-state index in [0.717, 1.165) is 31.2 Å². The highest BCUT2D eigenvalue weighted by atomic mass is 79.9. The summed E-state index contributed by atoms with van der Waals surface area (Å²) in [6, 6.07) is 9.52. The summed E-state index contributed by atoms with van der Waals surface area (Å²) in [7, 11) is 0. The number of halogens is 1. The van der Waals surface area contributed by atoms with Crippen LogP contribution < -0.4 is 5.32 Å². The fraction of sp³-hybridized carbons (Fsp3) is 0.125. The van der Waals surface area contributed by atoms with Crippen molar-refractivity contribution >= 4 is 38.9 Å². The minimum absolute atomic E-state index is 0.0967. The third-order valence-electron chi connectivity index (χ3n) is 3.24. The molecule has 22 heavy (non-hydrogen) atoms. The Bertz CT molecular complexity index is 838. The van der Waals surface area contributed by atoms with E-state index in [9.17, 15) is 4.79 Å². The number of hydrogen-bond acceptors (Lipinski definition) is 3. The fourth-order valence-electron chi connectivity index (χ4n) is 2.26. The summed E-state index contributed by atoms with van der Waals surface area (Å²) in [4.78, 5) is 14.6. The molecule has 2 heterocycles. The Kier molecular flexibility index (Phi) is 4.13. The van der Waals surface area contributed by atoms with Gasteiger partial charge in [-0.15, -0.1) is 11.3 Å². The number of benzene rings is 1. The van der Waals surface area contributed by atoms with Gasteiger partial charge >= 0.3 is 0 Å². The van der Waals surface area contributed by atoms with Crippen LogP contribution in [0.4, 0.5) is 5.69 Å². The Balaban J connectivity index is 1.93. The molecule has 0 aliphatic carbocycles. The molecule has 0 radical (unpaired) electrons. The van der Waals surface area contributed by atoms with E-state index in [2.05, 4.69) is 26.3 Å². The Morgan fingerprint density at radius 3 is 2.73 bits per heavy atom. The first-order valence-corrected chi connectivity index (χ1v) is 8.33. The Morgan fingerprint density at radius 1 is 1.32 bits per heavy atom. The predicted molar refractivity (Wildman–Crippen MR) is 93.0 cm³/mol. The van der Waals surface area contributed by atoms with Crippen molar-refractivity contribution < 1.29 is 4.79 Å². The van der Waals surface area contributed by atoms with E-state index in [4.69, 9.17) is 0 Å². The summed E-state index contributed by atoms with van der Waals surface area (Å²) < 4.78 is 2.61. The van der Waals surface area contributed by atoms with E-state index in [1.54, 1.807) is 22.2 Å². The lowest BCUT2D eigenvalue weighted by molar-refractivity contribution is 0.102. The van der Waals surface area contributed by atoms with Crippen LogP contribution in [0, 0.1) is 13.8 Å². The van der Waals surface area contributed by atoms with Crippen LogP contribution in [-0.2, 0) is 0 Å². The zero-order valence-electron chi connectivity index (χ0n) is 12.1. The number of thiophene rings is 1. The minimum atomic E-state index is -0.0967. The van der Waals surface area contributed by atoms with Crippen molar-refractivity contribution in [2.45, 2.75) is 13.8 Å². The molecule has 0 spiro atoms. The molecule has 0 saturated heterocycles. The molecule has 0 unspecified atom stereocenters. The van der Waals surface area contributed by atoms with Crippen LogP contribution >= 0.6 is 27.3 Å². The molecule has 2 aromatic heterocycles. The summed E-state index contributed by atoms with van der Waals surface area (Å²) in [6.45, 7) is 3.97. The molecule has 1 aromatic carbocycles. The number of rotatable bonds is 3. The van der Waals surface area contributed by atoms with Gasteiger partial charge in [-0.05, 0) is 48.0 Å². The normalized spacial score (nSPS) is 10.7. The molecule has 1 amide bonds. The van der Waals surface area contributed by atoms with Gasteiger partial charge in [0.1, 0.15) is 0 Å². The number of aryl methyl sites for hydroxylation is 2. The van der Waals surface area contributed by atoms with E-state index in [1.165, 1.54) is 0 Å². The first-order chi connectivity index (χ1) is 10.5. The highest BCUT2D eigenvalue weighted by Gasteiger charge is 2.14. The van der Waals surface area contributed by atoms with Crippen LogP contribution in [0.25, 0.3) is 5.69 Å². The van der Waals surface area contributed by atoms with Crippen LogP contribution in [0.5, 0.6) is 0 Å². The molecule has 0 saturated carbocycles. The number of carbonyl (C=O) groups is 1. The quantitative estimate of drug-likeness (QED) is 0.728.